The standard InChI is InChI=1S/C30H40F6N5O.U/c1-5-16-41(17-10-6-7-12-22-13-9-8-11-21(19-38-22)29(31,32)33)20(2)14-15-37-26-25-23(18-28(26,3)4)24(30(34,35)36)27(42)40-39-25;/h2,8,11,19,26,37H,5-7,9-10,12-18H2,1,3-4H3,(H,40,42);/q-1;/b11-8-,21-19+,38-22?;. The molecule has 6 nitrogen and oxygen atoms in total. The maximum Gasteiger partial charge on any atom is 0.422 e. The van der Waals surface area contributed by atoms with Gasteiger partial charge in [-0.15, -0.1) is 0 Å². The van der Waals surface area contributed by atoms with Crippen LogP contribution in [-0.4, -0.2) is 46.6 Å². The van der Waals surface area contributed by atoms with E-state index in [0.717, 1.165) is 56.8 Å². The summed E-state index contributed by atoms with van der Waals surface area (Å²) in [6.45, 7) is 14.1. The average Bonchev–Trinajstić information content (AvgIpc) is 3.11. The van der Waals surface area contributed by atoms with Gasteiger partial charge in [0.1, 0.15) is 5.56 Å². The Kier molecular flexibility index (Phi) is 13.8. The van der Waals surface area contributed by atoms with Crippen LogP contribution in [0.25, 0.3) is 0 Å². The second kappa shape index (κ2) is 15.9. The van der Waals surface area contributed by atoms with Crippen molar-refractivity contribution in [1.82, 2.24) is 20.4 Å². The SMILES string of the molecule is [CH-]=C(CCNC1c2n[nH]c(=O)c(C(F)(F)F)c2CC1(C)C)N(CCC)CCCCCC1=N/C=C(C(F)(F)F)\C=C/CC1.[U]. The van der Waals surface area contributed by atoms with Crippen LogP contribution in [0.5, 0.6) is 0 Å². The van der Waals surface area contributed by atoms with Crippen LogP contribution < -0.4 is 10.9 Å². The first-order valence-electron chi connectivity index (χ1n) is 14.4. The number of unbranched alkanes of at least 4 members (excludes halogenated alkanes) is 2. The van der Waals surface area contributed by atoms with Gasteiger partial charge in [-0.05, 0) is 68.9 Å². The number of aromatic nitrogens is 2. The Hall–Kier alpha value is -1.84. The van der Waals surface area contributed by atoms with Crippen LogP contribution >= 0.6 is 0 Å². The summed E-state index contributed by atoms with van der Waals surface area (Å²) in [5.74, 6) is 0. The van der Waals surface area contributed by atoms with Gasteiger partial charge in [0.05, 0.1) is 17.3 Å². The minimum atomic E-state index is -4.77. The molecule has 0 saturated heterocycles. The zero-order chi connectivity index (χ0) is 31.1. The molecule has 3 rings (SSSR count). The number of aromatic amines is 1. The Labute approximate surface area is 272 Å². The molecule has 2 aliphatic rings. The van der Waals surface area contributed by atoms with Crippen molar-refractivity contribution in [3.05, 3.63) is 63.4 Å². The molecule has 238 valence electrons. The molecule has 1 atom stereocenters. The van der Waals surface area contributed by atoms with E-state index in [1.807, 2.05) is 25.9 Å². The van der Waals surface area contributed by atoms with Crippen molar-refractivity contribution in [1.29, 1.82) is 0 Å². The molecular formula is C30H40F6N5OU-. The third-order valence-corrected chi connectivity index (χ3v) is 7.72. The Balaban J connectivity index is 0.00000645. The molecule has 0 fully saturated rings. The maximum atomic E-state index is 13.6. The number of halogens is 6. The van der Waals surface area contributed by atoms with Crippen LogP contribution in [-0.2, 0) is 12.6 Å². The van der Waals surface area contributed by atoms with Gasteiger partial charge >= 0.3 is 12.4 Å². The molecule has 2 heterocycles. The fourth-order valence-electron chi connectivity index (χ4n) is 5.58. The number of aliphatic imine (C=N–C) groups is 1. The van der Waals surface area contributed by atoms with Gasteiger partial charge in [0.2, 0.25) is 0 Å². The van der Waals surface area contributed by atoms with E-state index in [0.29, 0.717) is 37.9 Å². The fraction of sp³-hybridized carbons (Fsp3) is 0.633. The van der Waals surface area contributed by atoms with E-state index in [9.17, 15) is 31.1 Å². The molecule has 0 bridgehead atoms. The number of nitrogens with one attached hydrogen (secondary N) is 2. The molecule has 1 aliphatic heterocycles. The van der Waals surface area contributed by atoms with Crippen molar-refractivity contribution >= 4 is 5.71 Å². The van der Waals surface area contributed by atoms with Crippen molar-refractivity contribution in [3.63, 3.8) is 0 Å². The number of H-pyrrole nitrogens is 1. The number of nitrogens with zero attached hydrogens (tertiary/aromatic N) is 3. The van der Waals surface area contributed by atoms with Crippen molar-refractivity contribution in [2.75, 3.05) is 19.6 Å². The van der Waals surface area contributed by atoms with E-state index < -0.39 is 40.5 Å². The van der Waals surface area contributed by atoms with Gasteiger partial charge in [-0.3, -0.25) is 9.79 Å². The van der Waals surface area contributed by atoms with Gasteiger partial charge in [-0.25, -0.2) is 5.10 Å². The van der Waals surface area contributed by atoms with Crippen LogP contribution in [0.1, 0.15) is 95.0 Å². The minimum Gasteiger partial charge on any atom is -0.493 e. The molecule has 0 amide bonds. The molecule has 1 aromatic rings. The average molecular weight is 839 g/mol. The molecule has 13 heteroatoms. The predicted octanol–water partition coefficient (Wildman–Crippen LogP) is 7.22. The van der Waals surface area contributed by atoms with Crippen molar-refractivity contribution in [3.8, 4) is 0 Å². The van der Waals surface area contributed by atoms with E-state index in [1.54, 1.807) is 0 Å². The monoisotopic (exact) mass is 838 g/mol. The molecule has 0 radical (unpaired) electrons. The topological polar surface area (TPSA) is 73.4 Å². The zero-order valence-electron chi connectivity index (χ0n) is 24.9. The Morgan fingerprint density at radius 2 is 1.86 bits per heavy atom. The summed E-state index contributed by atoms with van der Waals surface area (Å²) >= 11 is 0. The van der Waals surface area contributed by atoms with E-state index >= 15 is 0 Å². The number of rotatable bonds is 13. The van der Waals surface area contributed by atoms with Crippen LogP contribution in [0.3, 0.4) is 0 Å². The maximum absolute atomic E-state index is 13.6. The number of hydrogen-bond donors (Lipinski definition) is 2. The van der Waals surface area contributed by atoms with Crippen molar-refractivity contribution < 1.29 is 57.5 Å². The Bertz CT molecular complexity index is 1250. The van der Waals surface area contributed by atoms with Gasteiger partial charge in [-0.2, -0.15) is 37.1 Å². The summed E-state index contributed by atoms with van der Waals surface area (Å²) < 4.78 is 79.7. The largest absolute Gasteiger partial charge is 0.493 e. The summed E-state index contributed by atoms with van der Waals surface area (Å²) in [7, 11) is 0. The first-order valence-corrected chi connectivity index (χ1v) is 14.4. The van der Waals surface area contributed by atoms with Crippen LogP contribution in [0, 0.1) is 43.1 Å². The quantitative estimate of drug-likeness (QED) is 0.125. The van der Waals surface area contributed by atoms with Crippen LogP contribution in [0.2, 0.25) is 0 Å². The van der Waals surface area contributed by atoms with Gasteiger partial charge in [0.25, 0.3) is 5.56 Å². The molecule has 1 unspecified atom stereocenters. The number of fused-ring (bicyclic) bond motifs is 1. The fourth-order valence-corrected chi connectivity index (χ4v) is 5.58. The summed E-state index contributed by atoms with van der Waals surface area (Å²) in [6, 6.07) is -0.480. The third-order valence-electron chi connectivity index (χ3n) is 7.72. The van der Waals surface area contributed by atoms with E-state index in [-0.39, 0.29) is 48.8 Å². The molecule has 0 spiro atoms. The molecule has 0 aromatic carbocycles. The Morgan fingerprint density at radius 3 is 2.51 bits per heavy atom. The Morgan fingerprint density at radius 1 is 1.14 bits per heavy atom. The van der Waals surface area contributed by atoms with Gasteiger partial charge < -0.3 is 16.8 Å². The molecule has 2 N–H and O–H groups in total. The first kappa shape index (κ1) is 37.3. The van der Waals surface area contributed by atoms with Crippen molar-refractivity contribution in [2.24, 2.45) is 10.4 Å². The minimum absolute atomic E-state index is 0. The second-order valence-corrected chi connectivity index (χ2v) is 11.6. The second-order valence-electron chi connectivity index (χ2n) is 11.6. The number of alkyl halides is 6. The smallest absolute Gasteiger partial charge is 0.422 e. The number of hydrogen-bond acceptors (Lipinski definition) is 5. The van der Waals surface area contributed by atoms with Gasteiger partial charge in [0, 0.05) is 56.1 Å². The molecular weight excluding hydrogens is 798 g/mol. The molecule has 0 saturated carbocycles. The summed E-state index contributed by atoms with van der Waals surface area (Å²) in [4.78, 5) is 18.1. The van der Waals surface area contributed by atoms with Gasteiger partial charge in [0.15, 0.2) is 0 Å². The summed E-state index contributed by atoms with van der Waals surface area (Å²) in [5.41, 5.74) is -2.14. The van der Waals surface area contributed by atoms with Crippen molar-refractivity contribution in [2.45, 2.75) is 97.0 Å². The summed E-state index contributed by atoms with van der Waals surface area (Å²) in [6.07, 6.45) is 0.122. The number of allylic oxidation sites excluding steroid dienone is 3. The third kappa shape index (κ3) is 10.4. The molecule has 43 heavy (non-hydrogen) atoms. The van der Waals surface area contributed by atoms with Crippen LogP contribution in [0.15, 0.2) is 39.4 Å². The molecule has 1 aliphatic carbocycles. The van der Waals surface area contributed by atoms with E-state index in [1.165, 1.54) is 6.08 Å². The summed E-state index contributed by atoms with van der Waals surface area (Å²) in [5, 5.41) is 9.31. The first-order chi connectivity index (χ1) is 19.6. The predicted molar refractivity (Wildman–Crippen MR) is 151 cm³/mol. The van der Waals surface area contributed by atoms with E-state index in [4.69, 9.17) is 6.58 Å². The normalized spacial score (nSPS) is 20.2. The van der Waals surface area contributed by atoms with E-state index in [2.05, 4.69) is 20.3 Å². The van der Waals surface area contributed by atoms with Gasteiger partial charge in [-0.1, -0.05) is 39.3 Å². The molecule has 1 aromatic heterocycles. The zero-order valence-corrected chi connectivity index (χ0v) is 29.1. The van der Waals surface area contributed by atoms with Crippen LogP contribution in [0.4, 0.5) is 26.3 Å².